The minimum Gasteiger partial charge on any atom is -0.756 e. The Hall–Kier alpha value is -0.910. The molecule has 0 bridgehead atoms. The van der Waals surface area contributed by atoms with Crippen molar-refractivity contribution in [2.75, 3.05) is 18.5 Å². The van der Waals surface area contributed by atoms with Gasteiger partial charge in [-0.1, -0.05) is 28.8 Å². The van der Waals surface area contributed by atoms with Gasteiger partial charge in [-0.25, -0.2) is 0 Å². The topological polar surface area (TPSA) is 152 Å². The number of carbonyl (C=O) groups excluding carboxylic acids is 1. The zero-order valence-electron chi connectivity index (χ0n) is 15.7. The fourth-order valence-corrected chi connectivity index (χ4v) is 3.68. The summed E-state index contributed by atoms with van der Waals surface area (Å²) < 4.78 is 21.8. The van der Waals surface area contributed by atoms with E-state index in [9.17, 15) is 24.5 Å². The number of phosphoric ester groups is 1. The molecule has 0 radical (unpaired) electrons. The summed E-state index contributed by atoms with van der Waals surface area (Å²) in [6.07, 6.45) is 2.05. The van der Waals surface area contributed by atoms with E-state index in [1.165, 1.54) is 10.8 Å². The molecule has 4 N–H and O–H groups in total. The van der Waals surface area contributed by atoms with E-state index in [2.05, 4.69) is 25.8 Å². The SMILES string of the molecule is O=C(NCCCCCCBr)c1ccc[n+]([C@@H]2O[C@H](COP(=O)([O-])O)[C@@H](O)[C@H]2O)c1. The summed E-state index contributed by atoms with van der Waals surface area (Å²) >= 11 is 3.38. The van der Waals surface area contributed by atoms with Crippen LogP contribution in [0.3, 0.4) is 0 Å². The number of carbonyl (C=O) groups is 1. The first-order valence-corrected chi connectivity index (χ1v) is 11.9. The third-order valence-electron chi connectivity index (χ3n) is 4.46. The van der Waals surface area contributed by atoms with Crippen molar-refractivity contribution in [2.24, 2.45) is 0 Å². The van der Waals surface area contributed by atoms with Crippen LogP contribution in [0.15, 0.2) is 24.5 Å². The van der Waals surface area contributed by atoms with Crippen molar-refractivity contribution in [3.8, 4) is 0 Å². The fraction of sp³-hybridized carbons (Fsp3) is 0.647. The summed E-state index contributed by atoms with van der Waals surface area (Å²) in [6, 6.07) is 3.20. The van der Waals surface area contributed by atoms with Crippen LogP contribution in [-0.2, 0) is 13.8 Å². The Kier molecular flexibility index (Phi) is 9.64. The second-order valence-electron chi connectivity index (χ2n) is 6.71. The van der Waals surface area contributed by atoms with Crippen LogP contribution in [0.25, 0.3) is 0 Å². The van der Waals surface area contributed by atoms with Crippen LogP contribution in [0, 0.1) is 0 Å². The van der Waals surface area contributed by atoms with E-state index in [1.54, 1.807) is 18.3 Å². The maximum atomic E-state index is 12.3. The number of amides is 1. The number of halogens is 1. The molecule has 1 amide bonds. The monoisotopic (exact) mass is 496 g/mol. The van der Waals surface area contributed by atoms with E-state index >= 15 is 0 Å². The lowest BCUT2D eigenvalue weighted by Gasteiger charge is -2.19. The van der Waals surface area contributed by atoms with Crippen molar-refractivity contribution in [3.05, 3.63) is 30.1 Å². The van der Waals surface area contributed by atoms with Crippen molar-refractivity contribution in [1.82, 2.24) is 5.32 Å². The number of phosphoric acid groups is 1. The van der Waals surface area contributed by atoms with Gasteiger partial charge in [-0.15, -0.1) is 0 Å². The normalized spacial score (nSPS) is 26.2. The minimum atomic E-state index is -4.98. The van der Waals surface area contributed by atoms with Crippen LogP contribution in [0.1, 0.15) is 42.3 Å². The number of pyridine rings is 1. The lowest BCUT2D eigenvalue weighted by Crippen LogP contribution is -2.46. The van der Waals surface area contributed by atoms with E-state index in [0.29, 0.717) is 12.1 Å². The molecule has 164 valence electrons. The molecule has 5 atom stereocenters. The predicted octanol–water partition coefficient (Wildman–Crippen LogP) is -0.244. The summed E-state index contributed by atoms with van der Waals surface area (Å²) in [5, 5.41) is 24.1. The van der Waals surface area contributed by atoms with Crippen LogP contribution in [0.2, 0.25) is 0 Å². The number of nitrogens with one attached hydrogen (secondary N) is 1. The molecular weight excluding hydrogens is 471 g/mol. The number of rotatable bonds is 11. The van der Waals surface area contributed by atoms with Crippen molar-refractivity contribution in [3.63, 3.8) is 0 Å². The summed E-state index contributed by atoms with van der Waals surface area (Å²) in [5.41, 5.74) is 0.345. The van der Waals surface area contributed by atoms with Gasteiger partial charge >= 0.3 is 0 Å². The lowest BCUT2D eigenvalue weighted by molar-refractivity contribution is -0.765. The van der Waals surface area contributed by atoms with Gasteiger partial charge in [-0.05, 0) is 18.9 Å². The van der Waals surface area contributed by atoms with E-state index in [-0.39, 0.29) is 5.91 Å². The maximum absolute atomic E-state index is 12.3. The van der Waals surface area contributed by atoms with E-state index in [4.69, 9.17) is 9.63 Å². The molecule has 1 unspecified atom stereocenters. The number of ether oxygens (including phenoxy) is 1. The highest BCUT2D eigenvalue weighted by atomic mass is 79.9. The molecule has 2 rings (SSSR count). The molecule has 0 aromatic carbocycles. The Morgan fingerprint density at radius 2 is 2.03 bits per heavy atom. The maximum Gasteiger partial charge on any atom is 0.292 e. The standard InChI is InChI=1S/C17H26BrN2O8P/c18-7-3-1-2-4-8-19-16(23)12-6-5-9-20(10-12)17-15(22)14(21)13(28-17)11-27-29(24,25)26/h5-6,9-10,13-15,17,21-22H,1-4,7-8,11H2,(H2-,19,23,24,25,26)/t13-,14-,15-,17-/m1/s1. The van der Waals surface area contributed by atoms with Gasteiger partial charge in [-0.2, -0.15) is 4.57 Å². The molecule has 1 fully saturated rings. The molecule has 1 aliphatic rings. The highest BCUT2D eigenvalue weighted by Gasteiger charge is 2.48. The van der Waals surface area contributed by atoms with Crippen molar-refractivity contribution < 1.29 is 43.2 Å². The van der Waals surface area contributed by atoms with E-state index in [1.807, 2.05) is 0 Å². The van der Waals surface area contributed by atoms with Crippen molar-refractivity contribution >= 4 is 29.7 Å². The average Bonchev–Trinajstić information content (AvgIpc) is 2.97. The first kappa shape index (κ1) is 24.4. The number of nitrogens with zero attached hydrogens (tertiary/aromatic N) is 1. The van der Waals surface area contributed by atoms with Crippen LogP contribution in [0.4, 0.5) is 0 Å². The van der Waals surface area contributed by atoms with Gasteiger partial charge in [-0.3, -0.25) is 9.36 Å². The first-order chi connectivity index (χ1) is 13.7. The van der Waals surface area contributed by atoms with Gasteiger partial charge in [0.15, 0.2) is 18.5 Å². The Bertz CT molecular complexity index is 718. The predicted molar refractivity (Wildman–Crippen MR) is 103 cm³/mol. The van der Waals surface area contributed by atoms with E-state index in [0.717, 1.165) is 31.0 Å². The summed E-state index contributed by atoms with van der Waals surface area (Å²) in [7, 11) is -4.98. The Morgan fingerprint density at radius 3 is 2.72 bits per heavy atom. The Morgan fingerprint density at radius 1 is 1.31 bits per heavy atom. The molecule has 1 saturated heterocycles. The molecule has 0 spiro atoms. The number of hydrogen-bond acceptors (Lipinski definition) is 7. The van der Waals surface area contributed by atoms with Gasteiger partial charge in [0.25, 0.3) is 20.0 Å². The zero-order valence-corrected chi connectivity index (χ0v) is 18.2. The lowest BCUT2D eigenvalue weighted by atomic mass is 10.1. The quantitative estimate of drug-likeness (QED) is 0.142. The zero-order chi connectivity index (χ0) is 21.4. The molecule has 1 aromatic rings. The molecule has 2 heterocycles. The third kappa shape index (κ3) is 7.69. The van der Waals surface area contributed by atoms with E-state index < -0.39 is 39.0 Å². The van der Waals surface area contributed by atoms with Crippen molar-refractivity contribution in [1.29, 1.82) is 0 Å². The van der Waals surface area contributed by atoms with Crippen LogP contribution < -0.4 is 14.8 Å². The fourth-order valence-electron chi connectivity index (χ4n) is 2.94. The highest BCUT2D eigenvalue weighted by Crippen LogP contribution is 2.33. The number of hydrogen-bond donors (Lipinski definition) is 4. The number of aliphatic hydroxyl groups excluding tert-OH is 2. The van der Waals surface area contributed by atoms with Gasteiger partial charge in [0, 0.05) is 17.9 Å². The Labute approximate surface area is 177 Å². The molecule has 0 aliphatic carbocycles. The van der Waals surface area contributed by atoms with Gasteiger partial charge in [0.1, 0.15) is 17.8 Å². The van der Waals surface area contributed by atoms with Crippen molar-refractivity contribution in [2.45, 2.75) is 50.2 Å². The average molecular weight is 497 g/mol. The summed E-state index contributed by atoms with van der Waals surface area (Å²) in [4.78, 5) is 31.7. The summed E-state index contributed by atoms with van der Waals surface area (Å²) in [5.74, 6) is -0.277. The molecule has 0 saturated carbocycles. The van der Waals surface area contributed by atoms with Crippen LogP contribution >= 0.6 is 23.8 Å². The third-order valence-corrected chi connectivity index (χ3v) is 5.50. The molecular formula is C17H26BrN2O8P. The molecule has 29 heavy (non-hydrogen) atoms. The van der Waals surface area contributed by atoms with Gasteiger partial charge in [0.2, 0.25) is 0 Å². The second kappa shape index (κ2) is 11.5. The van der Waals surface area contributed by atoms with Crippen LogP contribution in [0.5, 0.6) is 0 Å². The molecule has 1 aromatic heterocycles. The highest BCUT2D eigenvalue weighted by molar-refractivity contribution is 9.09. The Balaban J connectivity index is 1.94. The van der Waals surface area contributed by atoms with Crippen LogP contribution in [-0.4, -0.2) is 57.8 Å². The molecule has 12 heteroatoms. The number of alkyl halides is 1. The molecule has 10 nitrogen and oxygen atoms in total. The largest absolute Gasteiger partial charge is 0.756 e. The minimum absolute atomic E-state index is 0.277. The van der Waals surface area contributed by atoms with Gasteiger partial charge in [0.05, 0.1) is 6.61 Å². The smallest absolute Gasteiger partial charge is 0.292 e. The number of aliphatic hydroxyl groups is 2. The number of unbranched alkanes of at least 4 members (excludes halogenated alkanes) is 3. The second-order valence-corrected chi connectivity index (χ2v) is 8.70. The first-order valence-electron chi connectivity index (χ1n) is 9.28. The summed E-state index contributed by atoms with van der Waals surface area (Å²) in [6.45, 7) is -0.102. The van der Waals surface area contributed by atoms with Gasteiger partial charge < -0.3 is 34.6 Å². The molecule has 1 aliphatic heterocycles. The number of aromatic nitrogens is 1.